The van der Waals surface area contributed by atoms with E-state index >= 15 is 0 Å². The quantitative estimate of drug-likeness (QED) is 0.898. The van der Waals surface area contributed by atoms with Gasteiger partial charge in [0.25, 0.3) is 0 Å². The van der Waals surface area contributed by atoms with Crippen molar-refractivity contribution >= 4 is 5.97 Å². The maximum Gasteiger partial charge on any atom is 0.358 e. The standard InChI is InChI=1S/C13H12FNO5/c1-5-9(8-4-7(13(17)18)15-20-8)11(16)12(19-3)6(2)10(5)14/h4,16H,1-3H3,(H,17,18). The molecule has 0 fully saturated rings. The number of carboxylic acids is 1. The Bertz CT molecular complexity index is 693. The number of aromatic carboxylic acids is 1. The van der Waals surface area contributed by atoms with E-state index in [4.69, 9.17) is 14.4 Å². The van der Waals surface area contributed by atoms with Crippen LogP contribution in [0.3, 0.4) is 0 Å². The number of halogens is 1. The second-order valence-corrected chi connectivity index (χ2v) is 4.20. The van der Waals surface area contributed by atoms with Gasteiger partial charge in [0.05, 0.1) is 12.7 Å². The molecule has 106 valence electrons. The summed E-state index contributed by atoms with van der Waals surface area (Å²) in [6.45, 7) is 2.91. The van der Waals surface area contributed by atoms with Crippen molar-refractivity contribution in [2.45, 2.75) is 13.8 Å². The fourth-order valence-corrected chi connectivity index (χ4v) is 2.00. The van der Waals surface area contributed by atoms with Gasteiger partial charge in [0, 0.05) is 17.2 Å². The molecule has 2 aromatic rings. The summed E-state index contributed by atoms with van der Waals surface area (Å²) in [6.07, 6.45) is 0. The Morgan fingerprint density at radius 3 is 2.55 bits per heavy atom. The number of nitrogens with zero attached hydrogens (tertiary/aromatic N) is 1. The third kappa shape index (κ3) is 1.97. The van der Waals surface area contributed by atoms with Crippen molar-refractivity contribution in [1.82, 2.24) is 5.16 Å². The summed E-state index contributed by atoms with van der Waals surface area (Å²) in [5.41, 5.74) is -0.0400. The highest BCUT2D eigenvalue weighted by atomic mass is 19.1. The second-order valence-electron chi connectivity index (χ2n) is 4.20. The molecule has 0 saturated carbocycles. The minimum absolute atomic E-state index is 0.0185. The van der Waals surface area contributed by atoms with Gasteiger partial charge < -0.3 is 19.5 Å². The number of carboxylic acid groups (broad SMARTS) is 1. The number of phenols is 1. The Morgan fingerprint density at radius 1 is 1.40 bits per heavy atom. The van der Waals surface area contributed by atoms with Gasteiger partial charge >= 0.3 is 5.97 Å². The fraction of sp³-hybridized carbons (Fsp3) is 0.231. The Hall–Kier alpha value is -2.57. The maximum absolute atomic E-state index is 14.1. The fourth-order valence-electron chi connectivity index (χ4n) is 2.00. The molecule has 0 aliphatic heterocycles. The predicted octanol–water partition coefficient (Wildman–Crippen LogP) is 2.51. The minimum atomic E-state index is -1.28. The number of rotatable bonds is 3. The highest BCUT2D eigenvalue weighted by molar-refractivity contribution is 5.87. The van der Waals surface area contributed by atoms with Crippen molar-refractivity contribution in [2.24, 2.45) is 0 Å². The van der Waals surface area contributed by atoms with Gasteiger partial charge in [-0.1, -0.05) is 5.16 Å². The number of carbonyl (C=O) groups is 1. The van der Waals surface area contributed by atoms with E-state index in [1.807, 2.05) is 0 Å². The summed E-state index contributed by atoms with van der Waals surface area (Å²) >= 11 is 0. The van der Waals surface area contributed by atoms with Crippen LogP contribution in [-0.4, -0.2) is 28.4 Å². The summed E-state index contributed by atoms with van der Waals surface area (Å²) in [5, 5.41) is 22.3. The number of aromatic hydroxyl groups is 1. The van der Waals surface area contributed by atoms with E-state index in [1.165, 1.54) is 21.0 Å². The van der Waals surface area contributed by atoms with E-state index in [1.54, 1.807) is 0 Å². The molecule has 1 aromatic heterocycles. The van der Waals surface area contributed by atoms with E-state index in [0.29, 0.717) is 0 Å². The molecule has 0 spiro atoms. The van der Waals surface area contributed by atoms with Crippen LogP contribution in [-0.2, 0) is 0 Å². The van der Waals surface area contributed by atoms with Crippen LogP contribution < -0.4 is 4.74 Å². The number of aromatic nitrogens is 1. The maximum atomic E-state index is 14.1. The zero-order chi connectivity index (χ0) is 15.0. The predicted molar refractivity (Wildman–Crippen MR) is 66.5 cm³/mol. The highest BCUT2D eigenvalue weighted by Gasteiger charge is 2.24. The largest absolute Gasteiger partial charge is 0.504 e. The molecule has 0 radical (unpaired) electrons. The van der Waals surface area contributed by atoms with Gasteiger partial charge in [0.1, 0.15) is 5.82 Å². The summed E-state index contributed by atoms with van der Waals surface area (Å²) in [6, 6.07) is 1.11. The van der Waals surface area contributed by atoms with Crippen molar-refractivity contribution in [1.29, 1.82) is 0 Å². The lowest BCUT2D eigenvalue weighted by molar-refractivity contribution is 0.0686. The highest BCUT2D eigenvalue weighted by Crippen LogP contribution is 2.43. The third-order valence-corrected chi connectivity index (χ3v) is 3.01. The number of phenolic OH excluding ortho intramolecular Hbond substituents is 1. The van der Waals surface area contributed by atoms with Gasteiger partial charge in [-0.3, -0.25) is 0 Å². The first kappa shape index (κ1) is 13.9. The Kier molecular flexibility index (Phi) is 3.35. The number of hydrogen-bond acceptors (Lipinski definition) is 5. The molecular weight excluding hydrogens is 269 g/mol. The Morgan fingerprint density at radius 2 is 2.05 bits per heavy atom. The lowest BCUT2D eigenvalue weighted by atomic mass is 10.00. The van der Waals surface area contributed by atoms with Crippen LogP contribution in [0, 0.1) is 19.7 Å². The molecule has 0 unspecified atom stereocenters. The van der Waals surface area contributed by atoms with E-state index < -0.39 is 11.8 Å². The summed E-state index contributed by atoms with van der Waals surface area (Å²) in [4.78, 5) is 10.8. The molecular formula is C13H12FNO5. The van der Waals surface area contributed by atoms with E-state index in [9.17, 15) is 14.3 Å². The Labute approximate surface area is 113 Å². The molecule has 20 heavy (non-hydrogen) atoms. The number of ether oxygens (including phenoxy) is 1. The molecule has 0 bridgehead atoms. The smallest absolute Gasteiger partial charge is 0.358 e. The first-order chi connectivity index (χ1) is 9.38. The van der Waals surface area contributed by atoms with Crippen LogP contribution >= 0.6 is 0 Å². The zero-order valence-electron chi connectivity index (χ0n) is 11.0. The first-order valence-corrected chi connectivity index (χ1v) is 5.64. The van der Waals surface area contributed by atoms with Crippen LogP contribution in [0.15, 0.2) is 10.6 Å². The van der Waals surface area contributed by atoms with Crippen LogP contribution in [0.25, 0.3) is 11.3 Å². The third-order valence-electron chi connectivity index (χ3n) is 3.01. The molecule has 6 nitrogen and oxygen atoms in total. The SMILES string of the molecule is COc1c(C)c(F)c(C)c(-c2cc(C(=O)O)no2)c1O. The molecule has 0 aliphatic rings. The summed E-state index contributed by atoms with van der Waals surface area (Å²) in [5.74, 6) is -2.25. The number of methoxy groups -OCH3 is 1. The van der Waals surface area contributed by atoms with Crippen molar-refractivity contribution < 1.29 is 28.7 Å². The second kappa shape index (κ2) is 4.84. The molecule has 1 aromatic carbocycles. The minimum Gasteiger partial charge on any atom is -0.504 e. The molecule has 1 heterocycles. The molecule has 0 aliphatic carbocycles. The monoisotopic (exact) mass is 281 g/mol. The molecule has 2 rings (SSSR count). The zero-order valence-corrected chi connectivity index (χ0v) is 11.0. The van der Waals surface area contributed by atoms with Gasteiger partial charge in [-0.2, -0.15) is 0 Å². The summed E-state index contributed by atoms with van der Waals surface area (Å²) < 4.78 is 23.9. The van der Waals surface area contributed by atoms with Crippen molar-refractivity contribution in [2.75, 3.05) is 7.11 Å². The topological polar surface area (TPSA) is 92.8 Å². The average molecular weight is 281 g/mol. The van der Waals surface area contributed by atoms with Gasteiger partial charge in [-0.15, -0.1) is 0 Å². The number of benzene rings is 1. The normalized spacial score (nSPS) is 10.6. The first-order valence-electron chi connectivity index (χ1n) is 5.64. The van der Waals surface area contributed by atoms with E-state index in [0.717, 1.165) is 6.07 Å². The van der Waals surface area contributed by atoms with Gasteiger partial charge in [-0.25, -0.2) is 9.18 Å². The van der Waals surface area contributed by atoms with Crippen molar-refractivity contribution in [3.05, 3.63) is 28.7 Å². The van der Waals surface area contributed by atoms with Gasteiger partial charge in [0.15, 0.2) is 23.0 Å². The van der Waals surface area contributed by atoms with Crippen LogP contribution in [0.5, 0.6) is 11.5 Å². The van der Waals surface area contributed by atoms with Crippen LogP contribution in [0.2, 0.25) is 0 Å². The van der Waals surface area contributed by atoms with E-state index in [2.05, 4.69) is 5.16 Å². The lowest BCUT2D eigenvalue weighted by Gasteiger charge is -2.14. The van der Waals surface area contributed by atoms with Crippen LogP contribution in [0.1, 0.15) is 21.6 Å². The van der Waals surface area contributed by atoms with Crippen molar-refractivity contribution in [3.63, 3.8) is 0 Å². The average Bonchev–Trinajstić information content (AvgIpc) is 2.87. The van der Waals surface area contributed by atoms with Crippen molar-refractivity contribution in [3.8, 4) is 22.8 Å². The molecule has 0 atom stereocenters. The molecule has 7 heteroatoms. The molecule has 0 amide bonds. The lowest BCUT2D eigenvalue weighted by Crippen LogP contribution is -1.98. The van der Waals surface area contributed by atoms with Gasteiger partial charge in [-0.05, 0) is 13.8 Å². The van der Waals surface area contributed by atoms with E-state index in [-0.39, 0.29) is 39.6 Å². The molecule has 0 saturated heterocycles. The van der Waals surface area contributed by atoms with Crippen LogP contribution in [0.4, 0.5) is 4.39 Å². The summed E-state index contributed by atoms with van der Waals surface area (Å²) in [7, 11) is 1.30. The Balaban J connectivity index is 2.72. The number of hydrogen-bond donors (Lipinski definition) is 2. The van der Waals surface area contributed by atoms with Gasteiger partial charge in [0.2, 0.25) is 0 Å². The molecule has 2 N–H and O–H groups in total.